The van der Waals surface area contributed by atoms with E-state index in [4.69, 9.17) is 5.11 Å². The summed E-state index contributed by atoms with van der Waals surface area (Å²) in [5.74, 6) is -1.03. The summed E-state index contributed by atoms with van der Waals surface area (Å²) in [6.07, 6.45) is 1.02. The van der Waals surface area contributed by atoms with Gasteiger partial charge >= 0.3 is 5.97 Å². The van der Waals surface area contributed by atoms with Gasteiger partial charge in [-0.25, -0.2) is 4.79 Å². The van der Waals surface area contributed by atoms with Crippen LogP contribution in [0.1, 0.15) is 25.8 Å². The first-order valence-electron chi connectivity index (χ1n) is 6.85. The summed E-state index contributed by atoms with van der Waals surface area (Å²) in [7, 11) is 0. The average molecular weight is 276 g/mol. The van der Waals surface area contributed by atoms with Crippen LogP contribution in [0.2, 0.25) is 0 Å². The Morgan fingerprint density at radius 3 is 2.70 bits per heavy atom. The number of carbonyl (C=O) groups excluding carboxylic acids is 1. The third-order valence-corrected chi connectivity index (χ3v) is 3.41. The van der Waals surface area contributed by atoms with Gasteiger partial charge in [-0.05, 0) is 24.0 Å². The number of nitrogens with one attached hydrogen (secondary N) is 2. The minimum Gasteiger partial charge on any atom is -0.480 e. The molecule has 0 fully saturated rings. The number of benzene rings is 1. The molecule has 1 aliphatic rings. The molecule has 2 atom stereocenters. The van der Waals surface area contributed by atoms with Crippen LogP contribution in [0.15, 0.2) is 24.3 Å². The van der Waals surface area contributed by atoms with Gasteiger partial charge in [0, 0.05) is 12.1 Å². The molecule has 0 saturated carbocycles. The fraction of sp³-hybridized carbons (Fsp3) is 0.467. The van der Waals surface area contributed by atoms with Crippen LogP contribution in [-0.4, -0.2) is 29.1 Å². The first kappa shape index (κ1) is 14.4. The Hall–Kier alpha value is -2.04. The van der Waals surface area contributed by atoms with E-state index in [1.807, 2.05) is 38.1 Å². The lowest BCUT2D eigenvalue weighted by molar-refractivity contribution is -0.142. The maximum Gasteiger partial charge on any atom is 0.326 e. The number of fused-ring (bicyclic) bond motifs is 1. The predicted molar refractivity (Wildman–Crippen MR) is 76.6 cm³/mol. The molecule has 3 N–H and O–H groups in total. The monoisotopic (exact) mass is 276 g/mol. The average Bonchev–Trinajstić information content (AvgIpc) is 2.81. The summed E-state index contributed by atoms with van der Waals surface area (Å²) in [5, 5.41) is 14.9. The molecule has 1 aromatic rings. The summed E-state index contributed by atoms with van der Waals surface area (Å²) in [5.41, 5.74) is 2.03. The SMILES string of the molecule is CC(C)C[C@H](NC(=O)C1Cc2ccccc2N1)C(=O)O. The molecular formula is C15H20N2O3. The van der Waals surface area contributed by atoms with Crippen LogP contribution in [0.25, 0.3) is 0 Å². The lowest BCUT2D eigenvalue weighted by Gasteiger charge is -2.19. The molecule has 5 heteroatoms. The zero-order valence-electron chi connectivity index (χ0n) is 11.7. The molecule has 108 valence electrons. The predicted octanol–water partition coefficient (Wildman–Crippen LogP) is 1.64. The quantitative estimate of drug-likeness (QED) is 0.764. The number of hydrogen-bond acceptors (Lipinski definition) is 3. The van der Waals surface area contributed by atoms with E-state index in [2.05, 4.69) is 10.6 Å². The molecule has 0 spiro atoms. The number of rotatable bonds is 5. The zero-order chi connectivity index (χ0) is 14.7. The fourth-order valence-electron chi connectivity index (χ4n) is 2.42. The minimum atomic E-state index is -0.984. The van der Waals surface area contributed by atoms with Crippen molar-refractivity contribution in [1.82, 2.24) is 5.32 Å². The standard InChI is InChI=1S/C15H20N2O3/c1-9(2)7-13(15(19)20)17-14(18)12-8-10-5-3-4-6-11(10)16-12/h3-6,9,12-13,16H,7-8H2,1-2H3,(H,17,18)(H,19,20)/t12?,13-/m0/s1. The molecule has 0 aromatic heterocycles. The Bertz CT molecular complexity index is 489. The topological polar surface area (TPSA) is 78.4 Å². The Kier molecular flexibility index (Phi) is 4.27. The molecule has 1 aliphatic heterocycles. The van der Waals surface area contributed by atoms with Crippen LogP contribution in [-0.2, 0) is 16.0 Å². The van der Waals surface area contributed by atoms with Gasteiger partial charge in [-0.15, -0.1) is 0 Å². The summed E-state index contributed by atoms with van der Waals surface area (Å²) < 4.78 is 0. The van der Waals surface area contributed by atoms with Crippen LogP contribution in [0, 0.1) is 5.92 Å². The highest BCUT2D eigenvalue weighted by Gasteiger charge is 2.29. The van der Waals surface area contributed by atoms with Gasteiger partial charge in [0.25, 0.3) is 0 Å². The molecule has 2 rings (SSSR count). The molecule has 1 unspecified atom stereocenters. The number of carboxylic acids is 1. The van der Waals surface area contributed by atoms with Crippen molar-refractivity contribution >= 4 is 17.6 Å². The first-order valence-corrected chi connectivity index (χ1v) is 6.85. The number of carboxylic acid groups (broad SMARTS) is 1. The molecule has 0 aliphatic carbocycles. The van der Waals surface area contributed by atoms with E-state index >= 15 is 0 Å². The summed E-state index contributed by atoms with van der Waals surface area (Å²) in [4.78, 5) is 23.3. The molecule has 0 radical (unpaired) electrons. The van der Waals surface area contributed by atoms with Crippen LogP contribution in [0.3, 0.4) is 0 Å². The number of para-hydroxylation sites is 1. The van der Waals surface area contributed by atoms with Gasteiger partial charge in [0.1, 0.15) is 12.1 Å². The van der Waals surface area contributed by atoms with Crippen LogP contribution in [0.5, 0.6) is 0 Å². The molecule has 5 nitrogen and oxygen atoms in total. The van der Waals surface area contributed by atoms with E-state index in [9.17, 15) is 9.59 Å². The van der Waals surface area contributed by atoms with Crippen molar-refractivity contribution in [1.29, 1.82) is 0 Å². The second-order valence-electron chi connectivity index (χ2n) is 5.59. The van der Waals surface area contributed by atoms with Crippen molar-refractivity contribution in [2.45, 2.75) is 38.8 Å². The normalized spacial score (nSPS) is 18.2. The third-order valence-electron chi connectivity index (χ3n) is 3.41. The molecule has 0 bridgehead atoms. The highest BCUT2D eigenvalue weighted by molar-refractivity contribution is 5.90. The van der Waals surface area contributed by atoms with E-state index in [0.717, 1.165) is 11.3 Å². The number of carbonyl (C=O) groups is 2. The van der Waals surface area contributed by atoms with E-state index in [1.165, 1.54) is 0 Å². The smallest absolute Gasteiger partial charge is 0.326 e. The third kappa shape index (κ3) is 3.29. The fourth-order valence-corrected chi connectivity index (χ4v) is 2.42. The zero-order valence-corrected chi connectivity index (χ0v) is 11.7. The van der Waals surface area contributed by atoms with Gasteiger partial charge in [-0.1, -0.05) is 32.0 Å². The van der Waals surface area contributed by atoms with E-state index in [-0.39, 0.29) is 17.9 Å². The lowest BCUT2D eigenvalue weighted by Crippen LogP contribution is -2.47. The van der Waals surface area contributed by atoms with Crippen LogP contribution < -0.4 is 10.6 Å². The van der Waals surface area contributed by atoms with E-state index in [0.29, 0.717) is 12.8 Å². The van der Waals surface area contributed by atoms with Crippen molar-refractivity contribution in [3.8, 4) is 0 Å². The Balaban J connectivity index is 1.97. The summed E-state index contributed by atoms with van der Waals surface area (Å²) >= 11 is 0. The minimum absolute atomic E-state index is 0.213. The van der Waals surface area contributed by atoms with Gasteiger partial charge < -0.3 is 15.7 Å². The van der Waals surface area contributed by atoms with Gasteiger partial charge in [0.15, 0.2) is 0 Å². The molecular weight excluding hydrogens is 256 g/mol. The van der Waals surface area contributed by atoms with Crippen molar-refractivity contribution in [2.24, 2.45) is 5.92 Å². The summed E-state index contributed by atoms with van der Waals surface area (Å²) in [6.45, 7) is 3.87. The van der Waals surface area contributed by atoms with Crippen molar-refractivity contribution in [3.05, 3.63) is 29.8 Å². The van der Waals surface area contributed by atoms with Crippen LogP contribution in [0.4, 0.5) is 5.69 Å². The van der Waals surface area contributed by atoms with Crippen molar-refractivity contribution in [2.75, 3.05) is 5.32 Å². The van der Waals surface area contributed by atoms with Crippen molar-refractivity contribution < 1.29 is 14.7 Å². The van der Waals surface area contributed by atoms with Gasteiger partial charge in [0.05, 0.1) is 0 Å². The highest BCUT2D eigenvalue weighted by atomic mass is 16.4. The molecule has 1 heterocycles. The van der Waals surface area contributed by atoms with Gasteiger partial charge in [-0.2, -0.15) is 0 Å². The Morgan fingerprint density at radius 1 is 1.40 bits per heavy atom. The van der Waals surface area contributed by atoms with Gasteiger partial charge in [-0.3, -0.25) is 4.79 Å². The maximum atomic E-state index is 12.2. The maximum absolute atomic E-state index is 12.2. The second-order valence-corrected chi connectivity index (χ2v) is 5.59. The Labute approximate surface area is 118 Å². The lowest BCUT2D eigenvalue weighted by atomic mass is 10.0. The van der Waals surface area contributed by atoms with Crippen molar-refractivity contribution in [3.63, 3.8) is 0 Å². The number of aliphatic carboxylic acids is 1. The van der Waals surface area contributed by atoms with Gasteiger partial charge in [0.2, 0.25) is 5.91 Å². The number of amides is 1. The molecule has 1 amide bonds. The molecule has 20 heavy (non-hydrogen) atoms. The first-order chi connectivity index (χ1) is 9.47. The second kappa shape index (κ2) is 5.94. The molecule has 1 aromatic carbocycles. The highest BCUT2D eigenvalue weighted by Crippen LogP contribution is 2.25. The molecule has 0 saturated heterocycles. The number of anilines is 1. The van der Waals surface area contributed by atoms with E-state index in [1.54, 1.807) is 0 Å². The summed E-state index contributed by atoms with van der Waals surface area (Å²) in [6, 6.07) is 6.52. The number of hydrogen-bond donors (Lipinski definition) is 3. The van der Waals surface area contributed by atoms with E-state index < -0.39 is 12.0 Å². The Morgan fingerprint density at radius 2 is 2.10 bits per heavy atom. The van der Waals surface area contributed by atoms with Crippen LogP contribution >= 0.6 is 0 Å². The largest absolute Gasteiger partial charge is 0.480 e.